The fourth-order valence-corrected chi connectivity index (χ4v) is 6.36. The summed E-state index contributed by atoms with van der Waals surface area (Å²) in [5.41, 5.74) is 3.87. The molecule has 0 saturated carbocycles. The topological polar surface area (TPSA) is 85.2 Å². The molecule has 7 nitrogen and oxygen atoms in total. The number of amides is 2. The van der Waals surface area contributed by atoms with Gasteiger partial charge in [0.2, 0.25) is 11.8 Å². The number of carbonyl (C=O) groups is 2. The van der Waals surface area contributed by atoms with E-state index in [1.165, 1.54) is 6.92 Å². The molecule has 0 radical (unpaired) electrons. The van der Waals surface area contributed by atoms with Crippen molar-refractivity contribution < 1.29 is 14.3 Å². The van der Waals surface area contributed by atoms with E-state index in [4.69, 9.17) is 27.9 Å². The molecule has 0 bridgehead atoms. The van der Waals surface area contributed by atoms with Crippen molar-refractivity contribution in [1.82, 2.24) is 20.2 Å². The van der Waals surface area contributed by atoms with Gasteiger partial charge in [-0.3, -0.25) is 14.6 Å². The Morgan fingerprint density at radius 1 is 1.10 bits per heavy atom. The number of nitrogens with one attached hydrogen (secondary N) is 2. The van der Waals surface area contributed by atoms with Crippen molar-refractivity contribution in [3.8, 4) is 0 Å². The SMILES string of the molecule is CC(=O)N[C@@H](COC(C)(C)C)C(=O)NCc1c(C(C)C)c(Sc2cc(Cl)cc(Cl)c2)n(Cc2ccncc2)c1C. The van der Waals surface area contributed by atoms with Crippen LogP contribution in [0.4, 0.5) is 0 Å². The second-order valence-electron chi connectivity index (χ2n) is 11.0. The molecular weight excluding hydrogens is 567 g/mol. The molecule has 0 fully saturated rings. The van der Waals surface area contributed by atoms with Gasteiger partial charge in [0.1, 0.15) is 6.04 Å². The predicted octanol–water partition coefficient (Wildman–Crippen LogP) is 6.76. The lowest BCUT2D eigenvalue weighted by Crippen LogP contribution is -2.49. The lowest BCUT2D eigenvalue weighted by molar-refractivity contribution is -0.131. The van der Waals surface area contributed by atoms with Gasteiger partial charge in [0.15, 0.2) is 0 Å². The molecule has 3 aromatic rings. The number of benzene rings is 1. The van der Waals surface area contributed by atoms with Crippen LogP contribution in [-0.4, -0.2) is 39.6 Å². The molecule has 1 aromatic carbocycles. The van der Waals surface area contributed by atoms with E-state index in [-0.39, 0.29) is 24.3 Å². The van der Waals surface area contributed by atoms with Crippen LogP contribution in [0.1, 0.15) is 69.8 Å². The van der Waals surface area contributed by atoms with Crippen molar-refractivity contribution in [1.29, 1.82) is 0 Å². The highest BCUT2D eigenvalue weighted by Gasteiger charge is 2.27. The molecule has 1 atom stereocenters. The van der Waals surface area contributed by atoms with Gasteiger partial charge >= 0.3 is 0 Å². The Balaban J connectivity index is 2.00. The van der Waals surface area contributed by atoms with Crippen LogP contribution in [0.2, 0.25) is 10.0 Å². The quantitative estimate of drug-likeness (QED) is 0.252. The van der Waals surface area contributed by atoms with E-state index in [1.807, 2.05) is 45.0 Å². The van der Waals surface area contributed by atoms with Crippen molar-refractivity contribution in [2.45, 2.75) is 89.0 Å². The van der Waals surface area contributed by atoms with Crippen molar-refractivity contribution in [2.24, 2.45) is 0 Å². The van der Waals surface area contributed by atoms with E-state index in [0.717, 1.165) is 32.3 Å². The summed E-state index contributed by atoms with van der Waals surface area (Å²) in [6.07, 6.45) is 3.56. The highest BCUT2D eigenvalue weighted by Crippen LogP contribution is 2.41. The summed E-state index contributed by atoms with van der Waals surface area (Å²) in [6, 6.07) is 8.70. The number of halogens is 2. The normalized spacial score (nSPS) is 12.4. The first-order valence-corrected chi connectivity index (χ1v) is 14.8. The monoisotopic (exact) mass is 604 g/mol. The molecule has 0 aliphatic heterocycles. The van der Waals surface area contributed by atoms with Crippen molar-refractivity contribution >= 4 is 46.8 Å². The van der Waals surface area contributed by atoms with Gasteiger partial charge in [0.05, 0.1) is 17.2 Å². The smallest absolute Gasteiger partial charge is 0.245 e. The second kappa shape index (κ2) is 13.9. The maximum atomic E-state index is 13.3. The van der Waals surface area contributed by atoms with E-state index < -0.39 is 11.6 Å². The number of pyridine rings is 1. The number of carbonyl (C=O) groups excluding carboxylic acids is 2. The lowest BCUT2D eigenvalue weighted by atomic mass is 10.0. The molecule has 40 heavy (non-hydrogen) atoms. The second-order valence-corrected chi connectivity index (χ2v) is 12.9. The van der Waals surface area contributed by atoms with Crippen LogP contribution in [-0.2, 0) is 27.4 Å². The molecule has 0 aliphatic rings. The van der Waals surface area contributed by atoms with E-state index in [2.05, 4.69) is 41.0 Å². The fraction of sp³-hybridized carbons (Fsp3) is 0.433. The molecule has 216 valence electrons. The molecule has 0 saturated heterocycles. The summed E-state index contributed by atoms with van der Waals surface area (Å²) in [5.74, 6) is -0.429. The highest BCUT2D eigenvalue weighted by molar-refractivity contribution is 7.99. The summed E-state index contributed by atoms with van der Waals surface area (Å²) in [6.45, 7) is 14.5. The molecule has 2 N–H and O–H groups in total. The Morgan fingerprint density at radius 2 is 1.73 bits per heavy atom. The average Bonchev–Trinajstić information content (AvgIpc) is 3.10. The minimum atomic E-state index is -0.805. The zero-order valence-electron chi connectivity index (χ0n) is 24.1. The summed E-state index contributed by atoms with van der Waals surface area (Å²) in [5, 5.41) is 7.97. The van der Waals surface area contributed by atoms with E-state index in [9.17, 15) is 9.59 Å². The van der Waals surface area contributed by atoms with Gasteiger partial charge in [0, 0.05) is 53.0 Å². The van der Waals surface area contributed by atoms with Crippen LogP contribution in [0, 0.1) is 6.92 Å². The Bertz CT molecular complexity index is 1320. The number of rotatable bonds is 11. The Labute approximate surface area is 251 Å². The molecule has 2 heterocycles. The summed E-state index contributed by atoms with van der Waals surface area (Å²) >= 11 is 14.3. The third-order valence-electron chi connectivity index (χ3n) is 6.18. The zero-order valence-corrected chi connectivity index (χ0v) is 26.4. The first kappa shape index (κ1) is 32.0. The number of hydrogen-bond acceptors (Lipinski definition) is 5. The number of aromatic nitrogens is 2. The summed E-state index contributed by atoms with van der Waals surface area (Å²) in [7, 11) is 0. The minimum Gasteiger partial charge on any atom is -0.373 e. The molecule has 0 spiro atoms. The average molecular weight is 606 g/mol. The zero-order chi connectivity index (χ0) is 29.6. The van der Waals surface area contributed by atoms with E-state index in [1.54, 1.807) is 30.2 Å². The molecule has 3 rings (SSSR count). The van der Waals surface area contributed by atoms with Gasteiger partial charge in [0.25, 0.3) is 0 Å². The van der Waals surface area contributed by atoms with Crippen molar-refractivity contribution in [3.63, 3.8) is 0 Å². The molecule has 10 heteroatoms. The largest absolute Gasteiger partial charge is 0.373 e. The molecule has 2 amide bonds. The summed E-state index contributed by atoms with van der Waals surface area (Å²) < 4.78 is 8.08. The fourth-order valence-electron chi connectivity index (χ4n) is 4.33. The Morgan fingerprint density at radius 3 is 2.27 bits per heavy atom. The van der Waals surface area contributed by atoms with Gasteiger partial charge in [-0.2, -0.15) is 0 Å². The first-order valence-electron chi connectivity index (χ1n) is 13.2. The van der Waals surface area contributed by atoms with Crippen LogP contribution >= 0.6 is 35.0 Å². The molecule has 0 unspecified atom stereocenters. The van der Waals surface area contributed by atoms with Crippen molar-refractivity contribution in [3.05, 3.63) is 75.2 Å². The van der Waals surface area contributed by atoms with E-state index >= 15 is 0 Å². The van der Waals surface area contributed by atoms with Gasteiger partial charge in [-0.1, -0.05) is 48.8 Å². The Hall–Kier alpha value is -2.52. The third kappa shape index (κ3) is 8.99. The van der Waals surface area contributed by atoms with Gasteiger partial charge in [-0.05, 0) is 80.6 Å². The summed E-state index contributed by atoms with van der Waals surface area (Å²) in [4.78, 5) is 30.2. The maximum Gasteiger partial charge on any atom is 0.245 e. The lowest BCUT2D eigenvalue weighted by Gasteiger charge is -2.24. The predicted molar refractivity (Wildman–Crippen MR) is 162 cm³/mol. The van der Waals surface area contributed by atoms with Gasteiger partial charge < -0.3 is 19.9 Å². The van der Waals surface area contributed by atoms with Crippen LogP contribution < -0.4 is 10.6 Å². The number of ether oxygens (including phenoxy) is 1. The minimum absolute atomic E-state index is 0.0740. The standard InChI is InChI=1S/C30H38Cl2N4O3S/c1-18(2)27-25(15-34-28(38)26(35-20(4)37)17-39-30(5,6)7)19(3)36(16-21-8-10-33-11-9-21)29(27)40-24-13-22(31)12-23(32)14-24/h8-14,18,26H,15-17H2,1-7H3,(H,34,38)(H,35,37)/t26-/m0/s1. The van der Waals surface area contributed by atoms with Crippen LogP contribution in [0.15, 0.2) is 52.6 Å². The van der Waals surface area contributed by atoms with Crippen LogP contribution in [0.3, 0.4) is 0 Å². The first-order chi connectivity index (χ1) is 18.7. The Kier molecular flexibility index (Phi) is 11.1. The molecule has 0 aliphatic carbocycles. The maximum absolute atomic E-state index is 13.3. The molecule has 2 aromatic heterocycles. The molecular formula is C30H38Cl2N4O3S. The highest BCUT2D eigenvalue weighted by atomic mass is 35.5. The number of hydrogen-bond donors (Lipinski definition) is 2. The third-order valence-corrected chi connectivity index (χ3v) is 7.72. The van der Waals surface area contributed by atoms with Crippen molar-refractivity contribution in [2.75, 3.05) is 6.61 Å². The van der Waals surface area contributed by atoms with Crippen LogP contribution in [0.5, 0.6) is 0 Å². The van der Waals surface area contributed by atoms with Crippen LogP contribution in [0.25, 0.3) is 0 Å². The van der Waals surface area contributed by atoms with Gasteiger partial charge in [-0.25, -0.2) is 0 Å². The van der Waals surface area contributed by atoms with Gasteiger partial charge in [-0.15, -0.1) is 0 Å². The number of nitrogens with zero attached hydrogens (tertiary/aromatic N) is 2. The van der Waals surface area contributed by atoms with E-state index in [0.29, 0.717) is 23.1 Å².